The molecule has 0 aliphatic heterocycles. The van der Waals surface area contributed by atoms with Crippen LogP contribution in [0.3, 0.4) is 0 Å². The number of hydrazone groups is 2. The third kappa shape index (κ3) is 4.50. The maximum atomic E-state index is 10.8. The lowest BCUT2D eigenvalue weighted by molar-refractivity contribution is -0.137. The van der Waals surface area contributed by atoms with Gasteiger partial charge in [-0.25, -0.2) is 0 Å². The summed E-state index contributed by atoms with van der Waals surface area (Å²) in [5.74, 6) is 6.05. The molecular weight excluding hydrogens is 388 g/mol. The number of hydrogen-bond acceptors (Lipinski definition) is 7. The molecule has 0 saturated carbocycles. The van der Waals surface area contributed by atoms with Crippen molar-refractivity contribution in [3.05, 3.63) is 22.8 Å². The van der Waals surface area contributed by atoms with E-state index in [4.69, 9.17) is 25.2 Å². The highest BCUT2D eigenvalue weighted by molar-refractivity contribution is 6.09. The summed E-state index contributed by atoms with van der Waals surface area (Å²) in [6.45, 7) is 0.285. The zero-order valence-corrected chi connectivity index (χ0v) is 17.4. The largest absolute Gasteiger partial charge is 0.492 e. The minimum atomic E-state index is -0.842. The lowest BCUT2D eigenvalue weighted by Gasteiger charge is -2.20. The molecule has 0 fully saturated rings. The van der Waals surface area contributed by atoms with Gasteiger partial charge >= 0.3 is 5.97 Å². The van der Waals surface area contributed by atoms with Gasteiger partial charge in [-0.05, 0) is 61.3 Å². The smallest absolute Gasteiger partial charge is 0.303 e. The zero-order valence-electron chi connectivity index (χ0n) is 17.4. The Balaban J connectivity index is 2.01. The molecule has 0 radical (unpaired) electrons. The Morgan fingerprint density at radius 2 is 1.97 bits per heavy atom. The van der Waals surface area contributed by atoms with Crippen LogP contribution in [0.1, 0.15) is 49.7 Å². The Morgan fingerprint density at radius 3 is 2.67 bits per heavy atom. The average molecular weight is 416 g/mol. The average Bonchev–Trinajstić information content (AvgIpc) is 3.16. The van der Waals surface area contributed by atoms with Gasteiger partial charge in [-0.3, -0.25) is 10.2 Å². The van der Waals surface area contributed by atoms with Crippen LogP contribution in [-0.2, 0) is 11.2 Å². The number of rotatable bonds is 9. The van der Waals surface area contributed by atoms with Gasteiger partial charge in [-0.1, -0.05) is 0 Å². The predicted octanol–water partition coefficient (Wildman–Crippen LogP) is 2.68. The summed E-state index contributed by atoms with van der Waals surface area (Å²) >= 11 is 0. The zero-order chi connectivity index (χ0) is 21.5. The van der Waals surface area contributed by atoms with Crippen molar-refractivity contribution in [2.24, 2.45) is 16.0 Å². The van der Waals surface area contributed by atoms with Crippen molar-refractivity contribution < 1.29 is 24.1 Å². The fraction of sp³-hybridized carbons (Fsp3) is 0.476. The number of nitrogens with zero attached hydrogens (tertiary/aromatic N) is 2. The van der Waals surface area contributed by atoms with Gasteiger partial charge in [0.1, 0.15) is 6.34 Å². The number of benzene rings is 1. The summed E-state index contributed by atoms with van der Waals surface area (Å²) in [7, 11) is 3.21. The van der Waals surface area contributed by atoms with E-state index in [0.717, 1.165) is 48.9 Å². The summed E-state index contributed by atoms with van der Waals surface area (Å²) < 4.78 is 17.3. The number of nitrogens with one attached hydrogen (secondary N) is 1. The molecule has 30 heavy (non-hydrogen) atoms. The number of carbonyl (C=O) groups is 1. The molecule has 4 N–H and O–H groups in total. The normalized spacial score (nSPS) is 16.9. The number of fused-ring (bicyclic) bond motifs is 2. The van der Waals surface area contributed by atoms with E-state index in [0.29, 0.717) is 23.7 Å². The number of methoxy groups -OCH3 is 2. The molecule has 1 aromatic carbocycles. The molecule has 0 heterocycles. The number of ether oxygens (including phenoxy) is 3. The summed E-state index contributed by atoms with van der Waals surface area (Å²) in [4.78, 5) is 10.8. The molecule has 0 atom stereocenters. The molecule has 162 valence electrons. The second kappa shape index (κ2) is 10.00. The van der Waals surface area contributed by atoms with Crippen LogP contribution in [0.15, 0.2) is 21.8 Å². The number of carboxylic acid groups (broad SMARTS) is 1. The summed E-state index contributed by atoms with van der Waals surface area (Å²) in [5, 5.41) is 16.7. The molecular formula is C21H28N4O5. The first kappa shape index (κ1) is 21.5. The van der Waals surface area contributed by atoms with Gasteiger partial charge in [0, 0.05) is 12.0 Å². The summed E-state index contributed by atoms with van der Waals surface area (Å²) in [6, 6.07) is 1.98. The van der Waals surface area contributed by atoms with Crippen molar-refractivity contribution in [2.45, 2.75) is 44.9 Å². The van der Waals surface area contributed by atoms with Gasteiger partial charge < -0.3 is 25.2 Å². The van der Waals surface area contributed by atoms with Gasteiger partial charge in [0.25, 0.3) is 0 Å². The minimum Gasteiger partial charge on any atom is -0.492 e. The van der Waals surface area contributed by atoms with Crippen molar-refractivity contribution in [1.29, 1.82) is 0 Å². The number of aryl methyl sites for hydroxylation is 1. The summed E-state index contributed by atoms with van der Waals surface area (Å²) in [5.41, 5.74) is 8.38. The highest BCUT2D eigenvalue weighted by atomic mass is 16.5. The van der Waals surface area contributed by atoms with Crippen molar-refractivity contribution in [1.82, 2.24) is 5.43 Å². The van der Waals surface area contributed by atoms with E-state index in [1.807, 2.05) is 6.07 Å². The fourth-order valence-corrected chi connectivity index (χ4v) is 4.10. The molecule has 2 aliphatic rings. The van der Waals surface area contributed by atoms with Gasteiger partial charge in [-0.15, -0.1) is 0 Å². The van der Waals surface area contributed by atoms with Crippen LogP contribution in [0, 0.1) is 0 Å². The first-order chi connectivity index (χ1) is 14.6. The third-order valence-electron chi connectivity index (χ3n) is 5.32. The fourth-order valence-electron chi connectivity index (χ4n) is 4.10. The lowest BCUT2D eigenvalue weighted by Crippen LogP contribution is -2.11. The van der Waals surface area contributed by atoms with Crippen molar-refractivity contribution in [2.75, 3.05) is 20.8 Å². The Labute approximate surface area is 175 Å². The number of aliphatic carboxylic acids is 1. The monoisotopic (exact) mass is 416 g/mol. The van der Waals surface area contributed by atoms with Gasteiger partial charge in [-0.2, -0.15) is 10.2 Å². The second-order valence-electron chi connectivity index (χ2n) is 7.10. The number of hydrogen-bond donors (Lipinski definition) is 3. The second-order valence-corrected chi connectivity index (χ2v) is 7.10. The first-order valence-electron chi connectivity index (χ1n) is 9.99. The lowest BCUT2D eigenvalue weighted by atomic mass is 9.95. The quantitative estimate of drug-likeness (QED) is 0.186. The van der Waals surface area contributed by atoms with Crippen LogP contribution >= 0.6 is 0 Å². The molecule has 1 aromatic rings. The van der Waals surface area contributed by atoms with E-state index in [1.165, 1.54) is 17.5 Å². The van der Waals surface area contributed by atoms with Crippen molar-refractivity contribution in [3.63, 3.8) is 0 Å². The molecule has 9 nitrogen and oxygen atoms in total. The van der Waals surface area contributed by atoms with E-state index in [9.17, 15) is 4.79 Å². The van der Waals surface area contributed by atoms with Gasteiger partial charge in [0.2, 0.25) is 5.75 Å². The molecule has 0 bridgehead atoms. The molecule has 0 unspecified atom stereocenters. The standard InChI is InChI=1S/C21H28N4O5/c1-28-20-17(30-10-4-7-18(26)27)11-13-8-9-16(25-24-12-23-22)14-5-3-6-15(14)19(13)21(20)29-2/h11-12H,3-10,22H2,1-2H3,(H,23,24)(H,26,27). The highest BCUT2D eigenvalue weighted by Gasteiger charge is 2.31. The number of allylic oxidation sites excluding steroid dienone is 2. The SMILES string of the molecule is COc1c(OCCCC(=O)O)cc2c(c1OC)C1=C(CCC1)C(=NNC=NN)CC2. The maximum Gasteiger partial charge on any atom is 0.303 e. The highest BCUT2D eigenvalue weighted by Crippen LogP contribution is 2.50. The third-order valence-corrected chi connectivity index (χ3v) is 5.32. The maximum absolute atomic E-state index is 10.8. The predicted molar refractivity (Wildman–Crippen MR) is 114 cm³/mol. The Kier molecular flexibility index (Phi) is 7.16. The molecule has 3 rings (SSSR count). The summed E-state index contributed by atoms with van der Waals surface area (Å²) in [6.07, 6.45) is 6.27. The van der Waals surface area contributed by atoms with E-state index < -0.39 is 5.97 Å². The van der Waals surface area contributed by atoms with E-state index in [1.54, 1.807) is 14.2 Å². The molecule has 0 saturated heterocycles. The Bertz CT molecular complexity index is 892. The first-order valence-corrected chi connectivity index (χ1v) is 9.99. The molecule has 0 spiro atoms. The van der Waals surface area contributed by atoms with Crippen molar-refractivity contribution >= 4 is 23.6 Å². The molecule has 9 heteroatoms. The minimum absolute atomic E-state index is 0.0551. The van der Waals surface area contributed by atoms with Crippen LogP contribution < -0.4 is 25.5 Å². The van der Waals surface area contributed by atoms with Gasteiger partial charge in [0.15, 0.2) is 11.5 Å². The topological polar surface area (TPSA) is 128 Å². The van der Waals surface area contributed by atoms with Crippen LogP contribution in [0.2, 0.25) is 0 Å². The van der Waals surface area contributed by atoms with Crippen molar-refractivity contribution in [3.8, 4) is 17.2 Å². The molecule has 0 amide bonds. The van der Waals surface area contributed by atoms with Crippen LogP contribution in [0.25, 0.3) is 5.57 Å². The van der Waals surface area contributed by atoms with Crippen LogP contribution in [-0.4, -0.2) is 44.0 Å². The Hall–Kier alpha value is -3.23. The Morgan fingerprint density at radius 1 is 1.20 bits per heavy atom. The van der Waals surface area contributed by atoms with Gasteiger partial charge in [0.05, 0.1) is 26.5 Å². The van der Waals surface area contributed by atoms with Crippen LogP contribution in [0.4, 0.5) is 0 Å². The molecule has 2 aliphatic carbocycles. The van der Waals surface area contributed by atoms with Crippen LogP contribution in [0.5, 0.6) is 17.2 Å². The van der Waals surface area contributed by atoms with E-state index in [-0.39, 0.29) is 13.0 Å². The molecule has 0 aromatic heterocycles. The van der Waals surface area contributed by atoms with E-state index in [2.05, 4.69) is 15.6 Å². The number of nitrogens with two attached hydrogens (primary N) is 1. The number of carboxylic acids is 1. The van der Waals surface area contributed by atoms with E-state index >= 15 is 0 Å².